The maximum Gasteiger partial charge on any atom is 0.282 e. The molecule has 8 heteroatoms. The zero-order chi connectivity index (χ0) is 26.1. The lowest BCUT2D eigenvalue weighted by Gasteiger charge is -2.25. The van der Waals surface area contributed by atoms with E-state index >= 15 is 0 Å². The summed E-state index contributed by atoms with van der Waals surface area (Å²) in [5.41, 5.74) is 5.54. The largest absolute Gasteiger partial charge is 0.508 e. The van der Waals surface area contributed by atoms with Crippen molar-refractivity contribution in [1.82, 2.24) is 10.2 Å². The minimum Gasteiger partial charge on any atom is -0.508 e. The standard InChI is InChI=1S/C29H27FN4O3/c1-18-14-23(8-9-25(18)30)34-29(37)24-17-33(12-11-26(24)32-34)16-20-3-6-22(7-4-20)28(36)31-15-21-5-10-27(35)19(2)13-21/h3-10,13-14,17,35H,11-12,15-16H2,1-2H3,(H,31,36). The van der Waals surface area contributed by atoms with Gasteiger partial charge < -0.3 is 15.3 Å². The summed E-state index contributed by atoms with van der Waals surface area (Å²) in [4.78, 5) is 27.6. The van der Waals surface area contributed by atoms with E-state index in [1.54, 1.807) is 43.3 Å². The smallest absolute Gasteiger partial charge is 0.282 e. The van der Waals surface area contributed by atoms with E-state index in [2.05, 4.69) is 15.3 Å². The summed E-state index contributed by atoms with van der Waals surface area (Å²) >= 11 is 0. The van der Waals surface area contributed by atoms with E-state index in [9.17, 15) is 19.1 Å². The number of aromatic hydroxyl groups is 1. The first kappa shape index (κ1) is 24.2. The SMILES string of the molecule is Cc1cc(CNC(=O)c2ccc(CN3C=C4C(=O)N(c5ccc(F)c(C)c5)N=C4CC3)cc2)ccc1O. The van der Waals surface area contributed by atoms with E-state index < -0.39 is 0 Å². The summed E-state index contributed by atoms with van der Waals surface area (Å²) in [6, 6.07) is 17.2. The van der Waals surface area contributed by atoms with Crippen molar-refractivity contribution >= 4 is 23.2 Å². The summed E-state index contributed by atoms with van der Waals surface area (Å²) in [5, 5.41) is 18.4. The number of hydrazone groups is 1. The predicted octanol–water partition coefficient (Wildman–Crippen LogP) is 4.57. The Morgan fingerprint density at radius 2 is 1.78 bits per heavy atom. The number of amides is 2. The number of carbonyl (C=O) groups is 2. The molecule has 0 aliphatic carbocycles. The average Bonchev–Trinajstić information content (AvgIpc) is 3.22. The van der Waals surface area contributed by atoms with Gasteiger partial charge in [-0.05, 0) is 72.5 Å². The molecule has 0 atom stereocenters. The van der Waals surface area contributed by atoms with Crippen molar-refractivity contribution in [1.29, 1.82) is 0 Å². The molecule has 0 saturated heterocycles. The van der Waals surface area contributed by atoms with Crippen molar-refractivity contribution in [2.75, 3.05) is 11.6 Å². The number of rotatable bonds is 6. The molecule has 0 fully saturated rings. The van der Waals surface area contributed by atoms with Crippen LogP contribution in [0.1, 0.15) is 39.0 Å². The van der Waals surface area contributed by atoms with Crippen molar-refractivity contribution in [3.05, 3.63) is 106 Å². The first-order chi connectivity index (χ1) is 17.8. The molecule has 0 radical (unpaired) electrons. The third-order valence-electron chi connectivity index (χ3n) is 6.60. The molecule has 2 aliphatic rings. The molecule has 0 bridgehead atoms. The summed E-state index contributed by atoms with van der Waals surface area (Å²) in [7, 11) is 0. The Bertz CT molecular complexity index is 1450. The number of anilines is 1. The second kappa shape index (κ2) is 9.89. The van der Waals surface area contributed by atoms with Crippen molar-refractivity contribution < 1.29 is 19.1 Å². The van der Waals surface area contributed by atoms with Crippen LogP contribution < -0.4 is 10.3 Å². The summed E-state index contributed by atoms with van der Waals surface area (Å²) in [6.45, 7) is 5.15. The summed E-state index contributed by atoms with van der Waals surface area (Å²) in [6.07, 6.45) is 2.47. The Morgan fingerprint density at radius 1 is 1.03 bits per heavy atom. The number of nitrogens with zero attached hydrogens (tertiary/aromatic N) is 3. The monoisotopic (exact) mass is 498 g/mol. The molecular weight excluding hydrogens is 471 g/mol. The van der Waals surface area contributed by atoms with Gasteiger partial charge in [0, 0.05) is 37.8 Å². The number of hydrogen-bond donors (Lipinski definition) is 2. The molecule has 3 aromatic rings. The topological polar surface area (TPSA) is 85.2 Å². The predicted molar refractivity (Wildman–Crippen MR) is 140 cm³/mol. The molecule has 2 N–H and O–H groups in total. The first-order valence-electron chi connectivity index (χ1n) is 12.1. The fourth-order valence-corrected chi connectivity index (χ4v) is 4.44. The van der Waals surface area contributed by atoms with Crippen LogP contribution in [0.2, 0.25) is 0 Å². The maximum atomic E-state index is 13.7. The number of fused-ring (bicyclic) bond motifs is 1. The Morgan fingerprint density at radius 3 is 2.51 bits per heavy atom. The van der Waals surface area contributed by atoms with Gasteiger partial charge in [-0.15, -0.1) is 0 Å². The van der Waals surface area contributed by atoms with Gasteiger partial charge >= 0.3 is 0 Å². The van der Waals surface area contributed by atoms with Gasteiger partial charge in [-0.3, -0.25) is 9.59 Å². The van der Waals surface area contributed by atoms with Crippen LogP contribution in [0.3, 0.4) is 0 Å². The van der Waals surface area contributed by atoms with Crippen LogP contribution >= 0.6 is 0 Å². The highest BCUT2D eigenvalue weighted by atomic mass is 19.1. The minimum atomic E-state index is -0.318. The highest BCUT2D eigenvalue weighted by molar-refractivity contribution is 6.30. The zero-order valence-corrected chi connectivity index (χ0v) is 20.7. The third-order valence-corrected chi connectivity index (χ3v) is 6.60. The molecule has 3 aromatic carbocycles. The fourth-order valence-electron chi connectivity index (χ4n) is 4.44. The Labute approximate surface area is 214 Å². The molecule has 0 unspecified atom stereocenters. The van der Waals surface area contributed by atoms with Crippen molar-refractivity contribution in [3.63, 3.8) is 0 Å². The third kappa shape index (κ3) is 5.09. The lowest BCUT2D eigenvalue weighted by molar-refractivity contribution is -0.114. The van der Waals surface area contributed by atoms with Crippen LogP contribution in [0.4, 0.5) is 10.1 Å². The summed E-state index contributed by atoms with van der Waals surface area (Å²) in [5.74, 6) is -0.481. The molecule has 0 saturated carbocycles. The molecule has 2 heterocycles. The lowest BCUT2D eigenvalue weighted by Crippen LogP contribution is -2.29. The molecule has 0 aromatic heterocycles. The molecule has 2 aliphatic heterocycles. The molecule has 188 valence electrons. The molecule has 2 amide bonds. The van der Waals surface area contributed by atoms with Crippen LogP contribution in [0.5, 0.6) is 5.75 Å². The van der Waals surface area contributed by atoms with Crippen LogP contribution in [-0.2, 0) is 17.9 Å². The van der Waals surface area contributed by atoms with Crippen LogP contribution in [0, 0.1) is 19.7 Å². The molecule has 0 spiro atoms. The second-order valence-electron chi connectivity index (χ2n) is 9.36. The van der Waals surface area contributed by atoms with Gasteiger partial charge in [-0.2, -0.15) is 10.1 Å². The minimum absolute atomic E-state index is 0.175. The molecule has 37 heavy (non-hydrogen) atoms. The normalized spacial score (nSPS) is 14.8. The number of benzene rings is 3. The lowest BCUT2D eigenvalue weighted by atomic mass is 10.0. The van der Waals surface area contributed by atoms with E-state index in [4.69, 9.17) is 0 Å². The number of phenols is 1. The van der Waals surface area contributed by atoms with Gasteiger partial charge in [0.05, 0.1) is 17.0 Å². The van der Waals surface area contributed by atoms with Crippen LogP contribution in [0.25, 0.3) is 0 Å². The van der Waals surface area contributed by atoms with Gasteiger partial charge in [0.2, 0.25) is 0 Å². The highest BCUT2D eigenvalue weighted by Gasteiger charge is 2.34. The van der Waals surface area contributed by atoms with Gasteiger partial charge in [-0.25, -0.2) is 4.39 Å². The molecular formula is C29H27FN4O3. The maximum absolute atomic E-state index is 13.7. The Hall–Kier alpha value is -4.46. The molecule has 5 rings (SSSR count). The average molecular weight is 499 g/mol. The van der Waals surface area contributed by atoms with Gasteiger partial charge in [0.25, 0.3) is 11.8 Å². The van der Waals surface area contributed by atoms with Crippen molar-refractivity contribution in [2.45, 2.75) is 33.4 Å². The van der Waals surface area contributed by atoms with E-state index in [1.165, 1.54) is 11.1 Å². The van der Waals surface area contributed by atoms with E-state index in [-0.39, 0.29) is 23.4 Å². The Balaban J connectivity index is 1.21. The van der Waals surface area contributed by atoms with Crippen LogP contribution in [0.15, 0.2) is 77.5 Å². The number of halogens is 1. The highest BCUT2D eigenvalue weighted by Crippen LogP contribution is 2.29. The van der Waals surface area contributed by atoms with E-state index in [0.29, 0.717) is 48.4 Å². The zero-order valence-electron chi connectivity index (χ0n) is 20.7. The van der Waals surface area contributed by atoms with E-state index in [0.717, 1.165) is 22.4 Å². The van der Waals surface area contributed by atoms with Crippen molar-refractivity contribution in [3.8, 4) is 5.75 Å². The summed E-state index contributed by atoms with van der Waals surface area (Å²) < 4.78 is 13.7. The fraction of sp³-hybridized carbons (Fsp3) is 0.207. The number of nitrogens with one attached hydrogen (secondary N) is 1. The van der Waals surface area contributed by atoms with Gasteiger partial charge in [0.1, 0.15) is 11.6 Å². The van der Waals surface area contributed by atoms with Crippen molar-refractivity contribution in [2.24, 2.45) is 5.10 Å². The van der Waals surface area contributed by atoms with Gasteiger partial charge in [-0.1, -0.05) is 24.3 Å². The first-order valence-corrected chi connectivity index (χ1v) is 12.1. The molecule has 7 nitrogen and oxygen atoms in total. The number of aryl methyl sites for hydroxylation is 2. The number of carbonyl (C=O) groups excluding carboxylic acids is 2. The Kier molecular flexibility index (Phi) is 6.48. The number of hydrogen-bond acceptors (Lipinski definition) is 5. The van der Waals surface area contributed by atoms with Crippen LogP contribution in [-0.4, -0.2) is 34.1 Å². The number of phenolic OH excluding ortho intramolecular Hbond substituents is 1. The van der Waals surface area contributed by atoms with E-state index in [1.807, 2.05) is 31.3 Å². The second-order valence-corrected chi connectivity index (χ2v) is 9.36. The quantitative estimate of drug-likeness (QED) is 0.522. The van der Waals surface area contributed by atoms with Gasteiger partial charge in [0.15, 0.2) is 0 Å².